The first-order chi connectivity index (χ1) is 11.1. The van der Waals surface area contributed by atoms with Crippen molar-refractivity contribution >= 4 is 11.6 Å². The number of aliphatic hydroxyl groups is 1. The molecule has 0 spiro atoms. The van der Waals surface area contributed by atoms with Crippen LogP contribution in [0.3, 0.4) is 0 Å². The van der Waals surface area contributed by atoms with E-state index in [1.54, 1.807) is 36.5 Å². The smallest absolute Gasteiger partial charge is 0.350 e. The summed E-state index contributed by atoms with van der Waals surface area (Å²) in [6.07, 6.45) is 0.802. The van der Waals surface area contributed by atoms with Crippen LogP contribution in [-0.4, -0.2) is 31.7 Å². The lowest BCUT2D eigenvalue weighted by Gasteiger charge is -2.11. The van der Waals surface area contributed by atoms with Gasteiger partial charge in [-0.15, -0.1) is 5.10 Å². The van der Waals surface area contributed by atoms with Crippen molar-refractivity contribution in [2.24, 2.45) is 0 Å². The highest BCUT2D eigenvalue weighted by Crippen LogP contribution is 2.10. The topological polar surface area (TPSA) is 88.6 Å². The largest absolute Gasteiger partial charge is 0.387 e. The number of fused-ring (bicyclic) bond motifs is 1. The van der Waals surface area contributed by atoms with Crippen LogP contribution in [0.25, 0.3) is 5.65 Å². The molecule has 0 radical (unpaired) electrons. The molecule has 7 heteroatoms. The summed E-state index contributed by atoms with van der Waals surface area (Å²) in [5.74, 6) is -0.384. The third-order valence-corrected chi connectivity index (χ3v) is 3.46. The van der Waals surface area contributed by atoms with Crippen LogP contribution in [0.15, 0.2) is 59.5 Å². The first-order valence-corrected chi connectivity index (χ1v) is 7.19. The number of aliphatic hydroxyl groups excluding tert-OH is 1. The van der Waals surface area contributed by atoms with Gasteiger partial charge < -0.3 is 10.4 Å². The van der Waals surface area contributed by atoms with E-state index < -0.39 is 6.10 Å². The summed E-state index contributed by atoms with van der Waals surface area (Å²) in [6.45, 7) is -0.118. The monoisotopic (exact) mass is 312 g/mol. The lowest BCUT2D eigenvalue weighted by atomic mass is 10.1. The number of hydrogen-bond acceptors (Lipinski definition) is 4. The number of benzene rings is 1. The van der Waals surface area contributed by atoms with Gasteiger partial charge in [-0.1, -0.05) is 36.4 Å². The molecule has 0 saturated heterocycles. The van der Waals surface area contributed by atoms with Gasteiger partial charge in [-0.05, 0) is 17.7 Å². The molecule has 0 aliphatic rings. The highest BCUT2D eigenvalue weighted by atomic mass is 16.3. The second-order valence-electron chi connectivity index (χ2n) is 5.10. The number of hydrogen-bond donors (Lipinski definition) is 2. The van der Waals surface area contributed by atoms with E-state index >= 15 is 0 Å². The minimum Gasteiger partial charge on any atom is -0.387 e. The Balaban J connectivity index is 1.63. The van der Waals surface area contributed by atoms with Gasteiger partial charge in [-0.2, -0.15) is 0 Å². The number of nitrogens with zero attached hydrogens (tertiary/aromatic N) is 3. The summed E-state index contributed by atoms with van der Waals surface area (Å²) < 4.78 is 2.46. The number of aromatic nitrogens is 3. The molecule has 0 aliphatic carbocycles. The van der Waals surface area contributed by atoms with E-state index in [1.165, 1.54) is 4.40 Å². The minimum atomic E-state index is -0.794. The van der Waals surface area contributed by atoms with Crippen molar-refractivity contribution in [3.63, 3.8) is 0 Å². The molecule has 1 atom stereocenters. The van der Waals surface area contributed by atoms with E-state index in [1.807, 2.05) is 18.2 Å². The molecular formula is C16H16N4O3. The highest BCUT2D eigenvalue weighted by molar-refractivity contribution is 5.75. The third-order valence-electron chi connectivity index (χ3n) is 3.46. The fraction of sp³-hybridized carbons (Fsp3) is 0.188. The molecule has 3 aromatic rings. The van der Waals surface area contributed by atoms with E-state index in [4.69, 9.17) is 0 Å². The second-order valence-corrected chi connectivity index (χ2v) is 5.10. The van der Waals surface area contributed by atoms with Gasteiger partial charge in [0.2, 0.25) is 5.91 Å². The maximum atomic E-state index is 12.1. The summed E-state index contributed by atoms with van der Waals surface area (Å²) in [4.78, 5) is 24.0. The lowest BCUT2D eigenvalue weighted by molar-refractivity contribution is -0.122. The number of pyridine rings is 1. The van der Waals surface area contributed by atoms with Crippen molar-refractivity contribution < 1.29 is 9.90 Å². The summed E-state index contributed by atoms with van der Waals surface area (Å²) in [5.41, 5.74) is 0.826. The van der Waals surface area contributed by atoms with E-state index in [2.05, 4.69) is 10.4 Å². The van der Waals surface area contributed by atoms with Crippen LogP contribution in [0.1, 0.15) is 11.7 Å². The standard InChI is InChI=1S/C16H16N4O3/c21-13(12-6-2-1-3-7-12)10-17-15(22)11-20-16(23)19-9-5-4-8-14(19)18-20/h1-9,13,21H,10-11H2,(H,17,22). The van der Waals surface area contributed by atoms with Crippen molar-refractivity contribution in [2.45, 2.75) is 12.6 Å². The number of carbonyl (C=O) groups excluding carboxylic acids is 1. The molecule has 0 bridgehead atoms. The average Bonchev–Trinajstić information content (AvgIpc) is 2.90. The number of amides is 1. The molecule has 1 amide bonds. The Hall–Kier alpha value is -2.93. The first kappa shape index (κ1) is 15.0. The zero-order chi connectivity index (χ0) is 16.2. The van der Waals surface area contributed by atoms with Crippen molar-refractivity contribution in [1.29, 1.82) is 0 Å². The predicted octanol–water partition coefficient (Wildman–Crippen LogP) is 0.346. The summed E-state index contributed by atoms with van der Waals surface area (Å²) in [7, 11) is 0. The van der Waals surface area contributed by atoms with Gasteiger partial charge in [-0.25, -0.2) is 9.48 Å². The van der Waals surface area contributed by atoms with Crippen LogP contribution >= 0.6 is 0 Å². The fourth-order valence-electron chi connectivity index (χ4n) is 2.27. The molecule has 2 N–H and O–H groups in total. The molecule has 7 nitrogen and oxygen atoms in total. The molecule has 118 valence electrons. The van der Waals surface area contributed by atoms with Crippen LogP contribution in [0.4, 0.5) is 0 Å². The molecule has 2 aromatic heterocycles. The minimum absolute atomic E-state index is 0.0744. The van der Waals surface area contributed by atoms with Crippen LogP contribution in [0.2, 0.25) is 0 Å². The number of rotatable bonds is 5. The Morgan fingerprint density at radius 1 is 1.17 bits per heavy atom. The summed E-state index contributed by atoms with van der Waals surface area (Å²) in [6, 6.07) is 14.2. The van der Waals surface area contributed by atoms with E-state index in [9.17, 15) is 14.7 Å². The van der Waals surface area contributed by atoms with Crippen molar-refractivity contribution in [2.75, 3.05) is 6.54 Å². The van der Waals surface area contributed by atoms with Gasteiger partial charge in [0.05, 0.1) is 6.10 Å². The number of carbonyl (C=O) groups is 1. The Bertz CT molecular complexity index is 870. The Morgan fingerprint density at radius 2 is 1.91 bits per heavy atom. The first-order valence-electron chi connectivity index (χ1n) is 7.19. The van der Waals surface area contributed by atoms with E-state index in [0.29, 0.717) is 5.65 Å². The average molecular weight is 312 g/mol. The number of nitrogens with one attached hydrogen (secondary N) is 1. The van der Waals surface area contributed by atoms with Crippen LogP contribution in [0, 0.1) is 0 Å². The van der Waals surface area contributed by atoms with E-state index in [0.717, 1.165) is 10.2 Å². The molecule has 0 aliphatic heterocycles. The maximum Gasteiger partial charge on any atom is 0.350 e. The third kappa shape index (κ3) is 3.29. The second kappa shape index (κ2) is 6.45. The molecule has 3 rings (SSSR count). The van der Waals surface area contributed by atoms with Gasteiger partial charge in [0.25, 0.3) is 0 Å². The lowest BCUT2D eigenvalue weighted by Crippen LogP contribution is -2.34. The Morgan fingerprint density at radius 3 is 2.65 bits per heavy atom. The summed E-state index contributed by atoms with van der Waals surface area (Å²) >= 11 is 0. The quantitative estimate of drug-likeness (QED) is 0.711. The van der Waals surface area contributed by atoms with Gasteiger partial charge in [0.15, 0.2) is 5.65 Å². The summed E-state index contributed by atoms with van der Waals surface area (Å²) in [5, 5.41) is 16.7. The SMILES string of the molecule is O=C(Cn1nc2ccccn2c1=O)NCC(O)c1ccccc1. The van der Waals surface area contributed by atoms with Gasteiger partial charge >= 0.3 is 5.69 Å². The van der Waals surface area contributed by atoms with Crippen LogP contribution in [-0.2, 0) is 11.3 Å². The fourth-order valence-corrected chi connectivity index (χ4v) is 2.27. The molecule has 0 fully saturated rings. The molecule has 1 aromatic carbocycles. The maximum absolute atomic E-state index is 12.1. The zero-order valence-corrected chi connectivity index (χ0v) is 12.3. The van der Waals surface area contributed by atoms with Crippen LogP contribution < -0.4 is 11.0 Å². The van der Waals surface area contributed by atoms with Crippen molar-refractivity contribution in [3.8, 4) is 0 Å². The van der Waals surface area contributed by atoms with Gasteiger partial charge in [-0.3, -0.25) is 9.20 Å². The molecule has 1 unspecified atom stereocenters. The van der Waals surface area contributed by atoms with Crippen LogP contribution in [0.5, 0.6) is 0 Å². The van der Waals surface area contributed by atoms with Gasteiger partial charge in [0, 0.05) is 12.7 Å². The van der Waals surface area contributed by atoms with Gasteiger partial charge in [0.1, 0.15) is 6.54 Å². The Labute approximate surface area is 131 Å². The highest BCUT2D eigenvalue weighted by Gasteiger charge is 2.12. The Kier molecular flexibility index (Phi) is 4.20. The normalized spacial score (nSPS) is 12.2. The van der Waals surface area contributed by atoms with Crippen molar-refractivity contribution in [1.82, 2.24) is 19.5 Å². The van der Waals surface area contributed by atoms with E-state index in [-0.39, 0.29) is 24.7 Å². The molecular weight excluding hydrogens is 296 g/mol. The molecule has 0 saturated carbocycles. The zero-order valence-electron chi connectivity index (χ0n) is 12.3. The van der Waals surface area contributed by atoms with Crippen molar-refractivity contribution in [3.05, 3.63) is 70.8 Å². The molecule has 2 heterocycles. The predicted molar refractivity (Wildman–Crippen MR) is 83.9 cm³/mol. The molecule has 23 heavy (non-hydrogen) atoms.